The number of hydrogen-bond acceptors (Lipinski definition) is 2. The van der Waals surface area contributed by atoms with E-state index >= 15 is 0 Å². The lowest BCUT2D eigenvalue weighted by atomic mass is 9.81. The summed E-state index contributed by atoms with van der Waals surface area (Å²) in [5, 5.41) is 11.9. The average molecular weight is 318 g/mol. The smallest absolute Gasteiger partial charge is 0.0650 e. The van der Waals surface area contributed by atoms with E-state index in [1.165, 1.54) is 0 Å². The van der Waals surface area contributed by atoms with E-state index in [0.29, 0.717) is 16.6 Å². The molecule has 0 heterocycles. The van der Waals surface area contributed by atoms with E-state index in [0.717, 1.165) is 31.2 Å². The van der Waals surface area contributed by atoms with Crippen molar-refractivity contribution in [3.8, 4) is 0 Å². The molecule has 0 saturated carbocycles. The minimum absolute atomic E-state index is 0.209. The van der Waals surface area contributed by atoms with Crippen LogP contribution in [0.5, 0.6) is 0 Å². The maximum atomic E-state index is 10.7. The summed E-state index contributed by atoms with van der Waals surface area (Å²) in [6.07, 6.45) is 3.59. The summed E-state index contributed by atoms with van der Waals surface area (Å²) < 4.78 is 0. The van der Waals surface area contributed by atoms with Crippen LogP contribution in [0.2, 0.25) is 10.0 Å². The van der Waals surface area contributed by atoms with Crippen LogP contribution >= 0.6 is 23.2 Å². The van der Waals surface area contributed by atoms with Gasteiger partial charge in [0.2, 0.25) is 0 Å². The first-order valence-electron chi connectivity index (χ1n) is 7.38. The van der Waals surface area contributed by atoms with Crippen molar-refractivity contribution in [1.82, 2.24) is 0 Å². The lowest BCUT2D eigenvalue weighted by Crippen LogP contribution is -2.33. The summed E-state index contributed by atoms with van der Waals surface area (Å²) in [5.74, 6) is 0.0326. The van der Waals surface area contributed by atoms with Crippen molar-refractivity contribution >= 4 is 23.2 Å². The Kier molecular flexibility index (Phi) is 7.90. The second-order valence-corrected chi connectivity index (χ2v) is 6.12. The lowest BCUT2D eigenvalue weighted by molar-refractivity contribution is 0.0722. The molecule has 0 bridgehead atoms. The van der Waals surface area contributed by atoms with E-state index in [2.05, 4.69) is 13.8 Å². The van der Waals surface area contributed by atoms with Gasteiger partial charge in [0.25, 0.3) is 0 Å². The number of rotatable bonds is 8. The van der Waals surface area contributed by atoms with E-state index < -0.39 is 6.10 Å². The van der Waals surface area contributed by atoms with Crippen molar-refractivity contribution in [3.63, 3.8) is 0 Å². The predicted octanol–water partition coefficient (Wildman–Crippen LogP) is 4.61. The van der Waals surface area contributed by atoms with Crippen molar-refractivity contribution < 1.29 is 5.11 Å². The van der Waals surface area contributed by atoms with Crippen LogP contribution in [-0.4, -0.2) is 17.8 Å². The van der Waals surface area contributed by atoms with Gasteiger partial charge in [0.1, 0.15) is 0 Å². The molecule has 1 aromatic rings. The van der Waals surface area contributed by atoms with Gasteiger partial charge in [-0.15, -0.1) is 0 Å². The minimum atomic E-state index is -0.503. The van der Waals surface area contributed by atoms with E-state index in [9.17, 15) is 5.11 Å². The van der Waals surface area contributed by atoms with Crippen LogP contribution in [0.3, 0.4) is 0 Å². The summed E-state index contributed by atoms with van der Waals surface area (Å²) in [7, 11) is 0. The molecule has 0 saturated heterocycles. The van der Waals surface area contributed by atoms with Crippen molar-refractivity contribution in [2.45, 2.75) is 51.6 Å². The number of benzene rings is 1. The first-order chi connectivity index (χ1) is 9.56. The molecule has 0 amide bonds. The topological polar surface area (TPSA) is 46.2 Å². The highest BCUT2D eigenvalue weighted by atomic mass is 35.5. The Morgan fingerprint density at radius 2 is 1.60 bits per heavy atom. The highest BCUT2D eigenvalue weighted by molar-refractivity contribution is 6.36. The largest absolute Gasteiger partial charge is 0.392 e. The van der Waals surface area contributed by atoms with Crippen molar-refractivity contribution in [2.75, 3.05) is 6.54 Å². The van der Waals surface area contributed by atoms with E-state index in [1.807, 2.05) is 6.07 Å². The van der Waals surface area contributed by atoms with Crippen LogP contribution in [0.25, 0.3) is 0 Å². The monoisotopic (exact) mass is 317 g/mol. The highest BCUT2D eigenvalue weighted by Crippen LogP contribution is 2.36. The molecule has 0 fully saturated rings. The second kappa shape index (κ2) is 8.89. The van der Waals surface area contributed by atoms with Crippen LogP contribution < -0.4 is 5.73 Å². The van der Waals surface area contributed by atoms with Gasteiger partial charge in [0.05, 0.1) is 6.10 Å². The fourth-order valence-corrected chi connectivity index (χ4v) is 3.53. The highest BCUT2D eigenvalue weighted by Gasteiger charge is 2.29. The fraction of sp³-hybridized carbons (Fsp3) is 0.625. The van der Waals surface area contributed by atoms with E-state index in [1.54, 1.807) is 12.1 Å². The number of aliphatic hydroxyl groups is 1. The molecule has 20 heavy (non-hydrogen) atoms. The molecule has 2 nitrogen and oxygen atoms in total. The van der Waals surface area contributed by atoms with Crippen LogP contribution in [0.4, 0.5) is 0 Å². The van der Waals surface area contributed by atoms with Crippen LogP contribution in [0.1, 0.15) is 51.0 Å². The zero-order chi connectivity index (χ0) is 15.1. The maximum Gasteiger partial charge on any atom is 0.0650 e. The average Bonchev–Trinajstić information content (AvgIpc) is 2.42. The van der Waals surface area contributed by atoms with Gasteiger partial charge in [-0.3, -0.25) is 0 Å². The molecule has 4 heteroatoms. The third kappa shape index (κ3) is 4.36. The SMILES string of the molecule is CCCC(CCC)C(O)C(CN)c1c(Cl)cccc1Cl. The number of nitrogens with two attached hydrogens (primary N) is 1. The normalized spacial score (nSPS) is 14.6. The molecule has 0 aliphatic carbocycles. The van der Waals surface area contributed by atoms with Gasteiger partial charge >= 0.3 is 0 Å². The van der Waals surface area contributed by atoms with Gasteiger partial charge in [-0.05, 0) is 36.5 Å². The standard InChI is InChI=1S/C16H25Cl2NO/c1-3-6-11(7-4-2)16(20)12(10-19)15-13(17)8-5-9-14(15)18/h5,8-9,11-12,16,20H,3-4,6-7,10,19H2,1-2H3. The molecule has 2 atom stereocenters. The van der Waals surface area contributed by atoms with Gasteiger partial charge in [-0.2, -0.15) is 0 Å². The van der Waals surface area contributed by atoms with Gasteiger partial charge in [0.15, 0.2) is 0 Å². The zero-order valence-corrected chi connectivity index (χ0v) is 13.8. The molecule has 3 N–H and O–H groups in total. The van der Waals surface area contributed by atoms with Crippen molar-refractivity contribution in [2.24, 2.45) is 11.7 Å². The van der Waals surface area contributed by atoms with Gasteiger partial charge in [-0.25, -0.2) is 0 Å². The number of aliphatic hydroxyl groups excluding tert-OH is 1. The van der Waals surface area contributed by atoms with Gasteiger partial charge in [0, 0.05) is 22.5 Å². The molecule has 1 rings (SSSR count). The quantitative estimate of drug-likeness (QED) is 0.735. The minimum Gasteiger partial charge on any atom is -0.392 e. The summed E-state index contributed by atoms with van der Waals surface area (Å²) in [5.41, 5.74) is 6.68. The first kappa shape index (κ1) is 17.8. The number of hydrogen-bond donors (Lipinski definition) is 2. The van der Waals surface area contributed by atoms with Gasteiger partial charge < -0.3 is 10.8 Å². The van der Waals surface area contributed by atoms with Crippen molar-refractivity contribution in [1.29, 1.82) is 0 Å². The Bertz CT molecular complexity index is 385. The summed E-state index contributed by atoms with van der Waals surface area (Å²) in [6.45, 7) is 4.61. The molecule has 0 spiro atoms. The van der Waals surface area contributed by atoms with Crippen molar-refractivity contribution in [3.05, 3.63) is 33.8 Å². The molecule has 0 aromatic heterocycles. The molecule has 1 aromatic carbocycles. The third-order valence-electron chi connectivity index (χ3n) is 3.84. The molecular formula is C16H25Cl2NO. The summed E-state index contributed by atoms with van der Waals surface area (Å²) in [6, 6.07) is 5.41. The van der Waals surface area contributed by atoms with E-state index in [-0.39, 0.29) is 11.8 Å². The third-order valence-corrected chi connectivity index (χ3v) is 4.50. The summed E-state index contributed by atoms with van der Waals surface area (Å²) >= 11 is 12.5. The Hall–Kier alpha value is -0.280. The Balaban J connectivity index is 3.04. The zero-order valence-electron chi connectivity index (χ0n) is 12.3. The first-order valence-corrected chi connectivity index (χ1v) is 8.14. The van der Waals surface area contributed by atoms with Gasteiger partial charge in [-0.1, -0.05) is 56.0 Å². The number of halogens is 2. The molecule has 2 unspecified atom stereocenters. The van der Waals surface area contributed by atoms with E-state index in [4.69, 9.17) is 28.9 Å². The Morgan fingerprint density at radius 1 is 1.10 bits per heavy atom. The second-order valence-electron chi connectivity index (χ2n) is 5.31. The van der Waals surface area contributed by atoms with Crippen LogP contribution in [0.15, 0.2) is 18.2 Å². The molecule has 0 aliphatic heterocycles. The molecule has 114 valence electrons. The molecular weight excluding hydrogens is 293 g/mol. The fourth-order valence-electron chi connectivity index (χ4n) is 2.85. The summed E-state index contributed by atoms with van der Waals surface area (Å²) in [4.78, 5) is 0. The van der Waals surface area contributed by atoms with Crippen LogP contribution in [0, 0.1) is 5.92 Å². The van der Waals surface area contributed by atoms with Crippen LogP contribution in [-0.2, 0) is 0 Å². The predicted molar refractivity (Wildman–Crippen MR) is 87.6 cm³/mol. The molecule has 0 aliphatic rings. The Labute approximate surface area is 132 Å². The lowest BCUT2D eigenvalue weighted by Gasteiger charge is -2.30. The molecule has 0 radical (unpaired) electrons. The maximum absolute atomic E-state index is 10.7. The Morgan fingerprint density at radius 3 is 2.00 bits per heavy atom.